The number of halogens is 1. The second-order valence-electron chi connectivity index (χ2n) is 6.73. The minimum atomic E-state index is -0.486. The van der Waals surface area contributed by atoms with Crippen LogP contribution < -0.4 is 10.1 Å². The van der Waals surface area contributed by atoms with E-state index in [9.17, 15) is 9.59 Å². The van der Waals surface area contributed by atoms with E-state index < -0.39 is 5.97 Å². The van der Waals surface area contributed by atoms with Gasteiger partial charge in [-0.2, -0.15) is 0 Å². The van der Waals surface area contributed by atoms with E-state index in [4.69, 9.17) is 21.1 Å². The third-order valence-corrected chi connectivity index (χ3v) is 5.29. The van der Waals surface area contributed by atoms with Crippen molar-refractivity contribution >= 4 is 39.8 Å². The molecule has 1 aromatic heterocycles. The normalized spacial score (nSPS) is 10.7. The Morgan fingerprint density at radius 3 is 2.33 bits per heavy atom. The number of carbonyl (C=O) groups is 2. The summed E-state index contributed by atoms with van der Waals surface area (Å²) in [5.41, 5.74) is 2.29. The molecule has 0 bridgehead atoms. The summed E-state index contributed by atoms with van der Waals surface area (Å²) in [5, 5.41) is 5.70. The molecule has 0 radical (unpaired) electrons. The number of hydrogen-bond acceptors (Lipinski definition) is 5. The van der Waals surface area contributed by atoms with E-state index in [1.165, 1.54) is 11.3 Å². The molecule has 156 valence electrons. The van der Waals surface area contributed by atoms with Gasteiger partial charge in [0.25, 0.3) is 5.91 Å². The maximum Gasteiger partial charge on any atom is 0.341 e. The van der Waals surface area contributed by atoms with Gasteiger partial charge in [-0.15, -0.1) is 11.3 Å². The van der Waals surface area contributed by atoms with Gasteiger partial charge in [-0.3, -0.25) is 4.79 Å². The van der Waals surface area contributed by atoms with Gasteiger partial charge in [0.05, 0.1) is 12.7 Å². The first-order valence-corrected chi connectivity index (χ1v) is 10.8. The van der Waals surface area contributed by atoms with Crippen LogP contribution in [0, 0.1) is 0 Å². The third kappa shape index (κ3) is 5.20. The van der Waals surface area contributed by atoms with Gasteiger partial charge in [-0.25, -0.2) is 4.79 Å². The average molecular weight is 444 g/mol. The monoisotopic (exact) mass is 443 g/mol. The number of ether oxygens (including phenoxy) is 2. The molecule has 1 amide bonds. The van der Waals surface area contributed by atoms with Crippen LogP contribution in [0.2, 0.25) is 5.02 Å². The molecule has 30 heavy (non-hydrogen) atoms. The van der Waals surface area contributed by atoms with Crippen molar-refractivity contribution in [3.63, 3.8) is 0 Å². The van der Waals surface area contributed by atoms with Crippen molar-refractivity contribution in [2.45, 2.75) is 26.9 Å². The third-order valence-electron chi connectivity index (χ3n) is 4.14. The van der Waals surface area contributed by atoms with E-state index in [1.807, 2.05) is 31.4 Å². The van der Waals surface area contributed by atoms with Crippen LogP contribution in [0.15, 0.2) is 53.9 Å². The Bertz CT molecular complexity index is 1030. The average Bonchev–Trinajstić information content (AvgIpc) is 3.12. The Hall–Kier alpha value is -2.83. The Balaban J connectivity index is 1.88. The van der Waals surface area contributed by atoms with E-state index in [0.29, 0.717) is 32.5 Å². The first-order chi connectivity index (χ1) is 14.4. The molecule has 0 unspecified atom stereocenters. The zero-order valence-electron chi connectivity index (χ0n) is 16.9. The van der Waals surface area contributed by atoms with Crippen molar-refractivity contribution in [1.29, 1.82) is 0 Å². The second kappa shape index (κ2) is 9.78. The van der Waals surface area contributed by atoms with Gasteiger partial charge in [0.2, 0.25) is 0 Å². The lowest BCUT2D eigenvalue weighted by molar-refractivity contribution is 0.0529. The highest BCUT2D eigenvalue weighted by Gasteiger charge is 2.23. The first-order valence-electron chi connectivity index (χ1n) is 9.51. The highest BCUT2D eigenvalue weighted by molar-refractivity contribution is 7.15. The number of benzene rings is 2. The molecule has 0 aliphatic rings. The van der Waals surface area contributed by atoms with Crippen molar-refractivity contribution in [1.82, 2.24) is 0 Å². The molecule has 1 N–H and O–H groups in total. The fourth-order valence-corrected chi connectivity index (χ4v) is 3.91. The second-order valence-corrected chi connectivity index (χ2v) is 8.04. The predicted octanol–water partition coefficient (Wildman–Crippen LogP) is 6.28. The lowest BCUT2D eigenvalue weighted by Crippen LogP contribution is -2.15. The van der Waals surface area contributed by atoms with Gasteiger partial charge in [0.15, 0.2) is 0 Å². The fraction of sp³-hybridized carbons (Fsp3) is 0.217. The lowest BCUT2D eigenvalue weighted by Gasteiger charge is -2.11. The molecule has 3 aromatic rings. The van der Waals surface area contributed by atoms with Crippen LogP contribution >= 0.6 is 22.9 Å². The van der Waals surface area contributed by atoms with Crippen LogP contribution in [-0.4, -0.2) is 24.6 Å². The highest BCUT2D eigenvalue weighted by Crippen LogP contribution is 2.37. The van der Waals surface area contributed by atoms with Crippen molar-refractivity contribution in [3.8, 4) is 16.9 Å². The Morgan fingerprint density at radius 2 is 1.73 bits per heavy atom. The Labute approximate surface area is 184 Å². The van der Waals surface area contributed by atoms with Crippen molar-refractivity contribution in [2.24, 2.45) is 0 Å². The minimum absolute atomic E-state index is 0.0502. The Morgan fingerprint density at radius 1 is 1.07 bits per heavy atom. The van der Waals surface area contributed by atoms with Crippen molar-refractivity contribution in [3.05, 3.63) is 70.1 Å². The summed E-state index contributed by atoms with van der Waals surface area (Å²) in [6.45, 7) is 5.85. The number of rotatable bonds is 7. The topological polar surface area (TPSA) is 64.6 Å². The molecule has 0 saturated carbocycles. The number of carbonyl (C=O) groups excluding carboxylic acids is 2. The van der Waals surface area contributed by atoms with Crippen LogP contribution in [0.4, 0.5) is 5.00 Å². The summed E-state index contributed by atoms with van der Waals surface area (Å²) in [6.07, 6.45) is 0.0502. The van der Waals surface area contributed by atoms with E-state index in [2.05, 4.69) is 5.32 Å². The number of nitrogens with one attached hydrogen (secondary N) is 1. The van der Waals surface area contributed by atoms with Gasteiger partial charge in [-0.1, -0.05) is 23.7 Å². The number of esters is 1. The van der Waals surface area contributed by atoms with Gasteiger partial charge in [0, 0.05) is 21.5 Å². The summed E-state index contributed by atoms with van der Waals surface area (Å²) in [7, 11) is 0. The van der Waals surface area contributed by atoms with E-state index in [-0.39, 0.29) is 18.6 Å². The number of thiophene rings is 1. The van der Waals surface area contributed by atoms with E-state index in [0.717, 1.165) is 5.56 Å². The largest absolute Gasteiger partial charge is 0.491 e. The SMILES string of the molecule is CCOC(=O)c1c(-c2ccc(Cl)cc2)csc1NC(=O)c1ccc(OC(C)C)cc1. The fourth-order valence-electron chi connectivity index (χ4n) is 2.83. The zero-order chi connectivity index (χ0) is 21.7. The number of amides is 1. The van der Waals surface area contributed by atoms with Crippen molar-refractivity contribution < 1.29 is 19.1 Å². The van der Waals surface area contributed by atoms with Crippen LogP contribution in [0.3, 0.4) is 0 Å². The highest BCUT2D eigenvalue weighted by atomic mass is 35.5. The molecule has 0 spiro atoms. The maximum atomic E-state index is 12.8. The van der Waals surface area contributed by atoms with Gasteiger partial charge < -0.3 is 14.8 Å². The molecule has 0 aliphatic heterocycles. The summed E-state index contributed by atoms with van der Waals surface area (Å²) in [6, 6.07) is 14.0. The van der Waals surface area contributed by atoms with Crippen LogP contribution in [0.1, 0.15) is 41.5 Å². The first kappa shape index (κ1) is 21.9. The Kier molecular flexibility index (Phi) is 7.13. The quantitative estimate of drug-likeness (QED) is 0.436. The molecule has 2 aromatic carbocycles. The van der Waals surface area contributed by atoms with Crippen molar-refractivity contribution in [2.75, 3.05) is 11.9 Å². The molecule has 5 nitrogen and oxygen atoms in total. The summed E-state index contributed by atoms with van der Waals surface area (Å²) >= 11 is 7.25. The molecule has 0 fully saturated rings. The minimum Gasteiger partial charge on any atom is -0.491 e. The molecule has 0 saturated heterocycles. The molecule has 0 aliphatic carbocycles. The van der Waals surface area contributed by atoms with Gasteiger partial charge >= 0.3 is 5.97 Å². The number of anilines is 1. The molecular formula is C23H22ClNO4S. The van der Waals surface area contributed by atoms with Crippen LogP contribution in [-0.2, 0) is 4.74 Å². The zero-order valence-corrected chi connectivity index (χ0v) is 18.5. The summed E-state index contributed by atoms with van der Waals surface area (Å²) < 4.78 is 10.8. The molecule has 0 atom stereocenters. The number of hydrogen-bond donors (Lipinski definition) is 1. The molecule has 3 rings (SSSR count). The van der Waals surface area contributed by atoms with Crippen LogP contribution in [0.25, 0.3) is 11.1 Å². The molecule has 1 heterocycles. The van der Waals surface area contributed by atoms with E-state index in [1.54, 1.807) is 43.3 Å². The summed E-state index contributed by atoms with van der Waals surface area (Å²) in [4.78, 5) is 25.4. The van der Waals surface area contributed by atoms with Crippen LogP contribution in [0.5, 0.6) is 5.75 Å². The van der Waals surface area contributed by atoms with Gasteiger partial charge in [0.1, 0.15) is 16.3 Å². The molecule has 7 heteroatoms. The van der Waals surface area contributed by atoms with Gasteiger partial charge in [-0.05, 0) is 62.7 Å². The summed E-state index contributed by atoms with van der Waals surface area (Å²) in [5.74, 6) is -0.115. The lowest BCUT2D eigenvalue weighted by atomic mass is 10.0. The van der Waals surface area contributed by atoms with E-state index >= 15 is 0 Å². The predicted molar refractivity (Wildman–Crippen MR) is 121 cm³/mol. The maximum absolute atomic E-state index is 12.8. The smallest absolute Gasteiger partial charge is 0.341 e. The molecular weight excluding hydrogens is 422 g/mol. The standard InChI is InChI=1S/C23H22ClNO4S/c1-4-28-23(27)20-19(15-5-9-17(24)10-6-15)13-30-22(20)25-21(26)16-7-11-18(12-8-16)29-14(2)3/h5-14H,4H2,1-3H3,(H,25,26).